The van der Waals surface area contributed by atoms with Gasteiger partial charge in [0, 0.05) is 12.3 Å². The summed E-state index contributed by atoms with van der Waals surface area (Å²) in [5, 5.41) is 4.33. The highest BCUT2D eigenvalue weighted by Crippen LogP contribution is 2.17. The van der Waals surface area contributed by atoms with E-state index in [0.29, 0.717) is 12.4 Å². The molecule has 0 fully saturated rings. The van der Waals surface area contributed by atoms with Crippen molar-refractivity contribution in [1.82, 2.24) is 9.78 Å². The van der Waals surface area contributed by atoms with E-state index in [1.807, 2.05) is 43.3 Å². The van der Waals surface area contributed by atoms with Crippen molar-refractivity contribution in [2.45, 2.75) is 38.1 Å². The smallest absolute Gasteiger partial charge is 0.263 e. The first-order valence-corrected chi connectivity index (χ1v) is 10.2. The van der Waals surface area contributed by atoms with Crippen LogP contribution in [0.5, 0.6) is 0 Å². The highest BCUT2D eigenvalue weighted by molar-refractivity contribution is 7.92. The molecule has 0 spiro atoms. The number of rotatable bonds is 7. The highest BCUT2D eigenvalue weighted by atomic mass is 32.2. The molecule has 6 heteroatoms. The van der Waals surface area contributed by atoms with E-state index in [1.165, 1.54) is 5.56 Å². The summed E-state index contributed by atoms with van der Waals surface area (Å²) in [6.45, 7) is 4.74. The number of aryl methyl sites for hydroxylation is 2. The standard InChI is InChI=1S/C20H23N3O2S/c1-3-6-17-9-11-19(12-10-17)26(24,25)22-20-13-14-23(21-20)15-18-8-5-4-7-16(18)2/h4-5,7-14H,3,6,15H2,1-2H3,(H,21,22). The minimum Gasteiger partial charge on any atom is -0.266 e. The average Bonchev–Trinajstić information content (AvgIpc) is 3.04. The molecular weight excluding hydrogens is 346 g/mol. The second kappa shape index (κ2) is 7.74. The minimum atomic E-state index is -3.64. The maximum absolute atomic E-state index is 12.5. The Morgan fingerprint density at radius 3 is 2.46 bits per heavy atom. The zero-order valence-corrected chi connectivity index (χ0v) is 15.8. The Hall–Kier alpha value is -2.60. The lowest BCUT2D eigenvalue weighted by atomic mass is 10.1. The first kappa shape index (κ1) is 18.2. The third-order valence-corrected chi connectivity index (χ3v) is 5.62. The van der Waals surface area contributed by atoms with Gasteiger partial charge in [-0.05, 0) is 42.2 Å². The van der Waals surface area contributed by atoms with E-state index >= 15 is 0 Å². The fourth-order valence-corrected chi connectivity index (χ4v) is 3.78. The molecule has 0 bridgehead atoms. The summed E-state index contributed by atoms with van der Waals surface area (Å²) in [5.41, 5.74) is 3.46. The third-order valence-electron chi connectivity index (χ3n) is 4.25. The van der Waals surface area contributed by atoms with Crippen molar-refractivity contribution in [3.8, 4) is 0 Å². The molecule has 3 rings (SSSR count). The van der Waals surface area contributed by atoms with E-state index in [1.54, 1.807) is 29.1 Å². The molecule has 0 saturated carbocycles. The maximum atomic E-state index is 12.5. The summed E-state index contributed by atoms with van der Waals surface area (Å²) in [7, 11) is -3.64. The van der Waals surface area contributed by atoms with Crippen molar-refractivity contribution in [2.75, 3.05) is 4.72 Å². The van der Waals surface area contributed by atoms with Crippen LogP contribution in [0.3, 0.4) is 0 Å². The van der Waals surface area contributed by atoms with Gasteiger partial charge >= 0.3 is 0 Å². The number of hydrogen-bond donors (Lipinski definition) is 1. The molecule has 5 nitrogen and oxygen atoms in total. The van der Waals surface area contributed by atoms with Crippen LogP contribution in [0.15, 0.2) is 65.7 Å². The Labute approximate surface area is 154 Å². The van der Waals surface area contributed by atoms with Crippen molar-refractivity contribution in [3.63, 3.8) is 0 Å². The molecule has 2 aromatic carbocycles. The molecule has 0 amide bonds. The molecule has 26 heavy (non-hydrogen) atoms. The average molecular weight is 369 g/mol. The number of aromatic nitrogens is 2. The molecule has 0 atom stereocenters. The number of nitrogens with one attached hydrogen (secondary N) is 1. The Kier molecular flexibility index (Phi) is 5.42. The Bertz CT molecular complexity index is 976. The lowest BCUT2D eigenvalue weighted by Gasteiger charge is -2.07. The van der Waals surface area contributed by atoms with Gasteiger partial charge in [-0.2, -0.15) is 5.10 Å². The third kappa shape index (κ3) is 4.32. The summed E-state index contributed by atoms with van der Waals surface area (Å²) >= 11 is 0. The van der Waals surface area contributed by atoms with Crippen molar-refractivity contribution >= 4 is 15.8 Å². The molecule has 1 aromatic heterocycles. The van der Waals surface area contributed by atoms with Gasteiger partial charge in [-0.1, -0.05) is 49.7 Å². The van der Waals surface area contributed by atoms with Crippen LogP contribution < -0.4 is 4.72 Å². The predicted octanol–water partition coefficient (Wildman–Crippen LogP) is 3.99. The van der Waals surface area contributed by atoms with Crippen molar-refractivity contribution in [2.24, 2.45) is 0 Å². The van der Waals surface area contributed by atoms with Crippen LogP contribution in [-0.2, 0) is 23.0 Å². The van der Waals surface area contributed by atoms with Gasteiger partial charge in [0.05, 0.1) is 11.4 Å². The number of nitrogens with zero attached hydrogens (tertiary/aromatic N) is 2. The first-order valence-electron chi connectivity index (χ1n) is 8.67. The van der Waals surface area contributed by atoms with Gasteiger partial charge in [0.25, 0.3) is 10.0 Å². The summed E-state index contributed by atoms with van der Waals surface area (Å²) in [5.74, 6) is 0.316. The number of anilines is 1. The van der Waals surface area contributed by atoms with Crippen LogP contribution >= 0.6 is 0 Å². The summed E-state index contributed by atoms with van der Waals surface area (Å²) in [6, 6.07) is 16.7. The highest BCUT2D eigenvalue weighted by Gasteiger charge is 2.15. The molecule has 0 aliphatic carbocycles. The van der Waals surface area contributed by atoms with E-state index in [0.717, 1.165) is 24.0 Å². The summed E-state index contributed by atoms with van der Waals surface area (Å²) in [6.07, 6.45) is 3.74. The predicted molar refractivity (Wildman–Crippen MR) is 104 cm³/mol. The molecule has 0 aliphatic rings. The van der Waals surface area contributed by atoms with Crippen LogP contribution in [0.4, 0.5) is 5.82 Å². The van der Waals surface area contributed by atoms with Crippen LogP contribution in [0.2, 0.25) is 0 Å². The lowest BCUT2D eigenvalue weighted by molar-refractivity contribution is 0.600. The normalized spacial score (nSPS) is 11.5. The maximum Gasteiger partial charge on any atom is 0.263 e. The van der Waals surface area contributed by atoms with Crippen molar-refractivity contribution < 1.29 is 8.42 Å². The van der Waals surface area contributed by atoms with Crippen LogP contribution in [0, 0.1) is 6.92 Å². The van der Waals surface area contributed by atoms with Crippen molar-refractivity contribution in [1.29, 1.82) is 0 Å². The quantitative estimate of drug-likeness (QED) is 0.685. The van der Waals surface area contributed by atoms with Gasteiger partial charge < -0.3 is 0 Å². The van der Waals surface area contributed by atoms with Gasteiger partial charge in [0.15, 0.2) is 5.82 Å². The summed E-state index contributed by atoms with van der Waals surface area (Å²) in [4.78, 5) is 0.241. The van der Waals surface area contributed by atoms with Gasteiger partial charge in [0.2, 0.25) is 0 Å². The Morgan fingerprint density at radius 1 is 1.04 bits per heavy atom. The molecule has 136 valence electrons. The fraction of sp³-hybridized carbons (Fsp3) is 0.250. The van der Waals surface area contributed by atoms with Gasteiger partial charge in [-0.3, -0.25) is 9.40 Å². The van der Waals surface area contributed by atoms with E-state index < -0.39 is 10.0 Å². The van der Waals surface area contributed by atoms with E-state index in [9.17, 15) is 8.42 Å². The molecule has 0 saturated heterocycles. The Morgan fingerprint density at radius 2 is 1.77 bits per heavy atom. The SMILES string of the molecule is CCCc1ccc(S(=O)(=O)Nc2ccn(Cc3ccccc3C)n2)cc1. The van der Waals surface area contributed by atoms with Crippen molar-refractivity contribution in [3.05, 3.63) is 77.5 Å². The molecule has 1 heterocycles. The molecule has 3 aromatic rings. The van der Waals surface area contributed by atoms with E-state index in [4.69, 9.17) is 0 Å². The van der Waals surface area contributed by atoms with Gasteiger partial charge in [0.1, 0.15) is 0 Å². The van der Waals surface area contributed by atoms with E-state index in [2.05, 4.69) is 16.7 Å². The van der Waals surface area contributed by atoms with Crippen LogP contribution in [0.1, 0.15) is 30.0 Å². The number of sulfonamides is 1. The second-order valence-electron chi connectivity index (χ2n) is 6.32. The first-order chi connectivity index (χ1) is 12.5. The second-order valence-corrected chi connectivity index (χ2v) is 8.01. The zero-order valence-electron chi connectivity index (χ0n) is 15.0. The molecule has 0 unspecified atom stereocenters. The largest absolute Gasteiger partial charge is 0.266 e. The summed E-state index contributed by atoms with van der Waals surface area (Å²) < 4.78 is 29.3. The molecule has 1 N–H and O–H groups in total. The fourth-order valence-electron chi connectivity index (χ4n) is 2.79. The monoisotopic (exact) mass is 369 g/mol. The number of benzene rings is 2. The van der Waals surface area contributed by atoms with Gasteiger partial charge in [-0.15, -0.1) is 0 Å². The molecular formula is C20H23N3O2S. The van der Waals surface area contributed by atoms with Crippen LogP contribution in [-0.4, -0.2) is 18.2 Å². The molecule has 0 aliphatic heterocycles. The van der Waals surface area contributed by atoms with E-state index in [-0.39, 0.29) is 4.90 Å². The zero-order chi connectivity index (χ0) is 18.6. The van der Waals surface area contributed by atoms with Crippen LogP contribution in [0.25, 0.3) is 0 Å². The minimum absolute atomic E-state index is 0.241. The van der Waals surface area contributed by atoms with Gasteiger partial charge in [-0.25, -0.2) is 8.42 Å². The molecule has 0 radical (unpaired) electrons. The Balaban J connectivity index is 1.72. The number of hydrogen-bond acceptors (Lipinski definition) is 3. The lowest BCUT2D eigenvalue weighted by Crippen LogP contribution is -2.14. The topological polar surface area (TPSA) is 64.0 Å².